The Morgan fingerprint density at radius 1 is 1.17 bits per heavy atom. The van der Waals surface area contributed by atoms with E-state index in [2.05, 4.69) is 4.98 Å². The molecule has 0 saturated carbocycles. The summed E-state index contributed by atoms with van der Waals surface area (Å²) >= 11 is 0. The number of ether oxygens (including phenoxy) is 1. The van der Waals surface area contributed by atoms with Crippen LogP contribution in [-0.2, 0) is 6.42 Å². The Balaban J connectivity index is 2.05. The molecular formula is C19H24N2O2. The van der Waals surface area contributed by atoms with E-state index in [1.165, 1.54) is 5.56 Å². The summed E-state index contributed by atoms with van der Waals surface area (Å²) in [5.41, 5.74) is 2.89. The van der Waals surface area contributed by atoms with Gasteiger partial charge in [-0.15, -0.1) is 0 Å². The van der Waals surface area contributed by atoms with Gasteiger partial charge in [0.15, 0.2) is 0 Å². The number of carbonyl (C=O) groups excluding carboxylic acids is 1. The molecule has 2 aromatic rings. The topological polar surface area (TPSA) is 42.4 Å². The fraction of sp³-hybridized carbons (Fsp3) is 0.368. The highest BCUT2D eigenvalue weighted by molar-refractivity contribution is 5.94. The molecule has 0 radical (unpaired) electrons. The van der Waals surface area contributed by atoms with Crippen molar-refractivity contribution in [3.63, 3.8) is 0 Å². The van der Waals surface area contributed by atoms with Gasteiger partial charge in [-0.3, -0.25) is 9.78 Å². The quantitative estimate of drug-likeness (QED) is 0.786. The normalized spacial score (nSPS) is 10.4. The monoisotopic (exact) mass is 312 g/mol. The minimum Gasteiger partial charge on any atom is -0.494 e. The van der Waals surface area contributed by atoms with Crippen molar-refractivity contribution in [1.82, 2.24) is 9.88 Å². The van der Waals surface area contributed by atoms with Crippen LogP contribution in [0.2, 0.25) is 0 Å². The molecule has 1 amide bonds. The molecule has 0 spiro atoms. The number of likely N-dealkylation sites (N-methyl/N-ethyl adjacent to an activating group) is 1. The van der Waals surface area contributed by atoms with Gasteiger partial charge in [0.2, 0.25) is 0 Å². The largest absolute Gasteiger partial charge is 0.494 e. The van der Waals surface area contributed by atoms with E-state index in [1.54, 1.807) is 12.4 Å². The van der Waals surface area contributed by atoms with Gasteiger partial charge in [-0.05, 0) is 68.7 Å². The summed E-state index contributed by atoms with van der Waals surface area (Å²) in [6.07, 6.45) is 4.39. The SMILES string of the molecule is CCOc1ccc(C(=O)N(CC)CCc2ccncc2)cc1C. The Morgan fingerprint density at radius 3 is 2.52 bits per heavy atom. The van der Waals surface area contributed by atoms with E-state index >= 15 is 0 Å². The number of hydrogen-bond donors (Lipinski definition) is 0. The lowest BCUT2D eigenvalue weighted by Gasteiger charge is -2.21. The molecule has 1 heterocycles. The molecule has 0 fully saturated rings. The molecule has 0 aliphatic heterocycles. The number of benzene rings is 1. The third-order valence-corrected chi connectivity index (χ3v) is 3.81. The van der Waals surface area contributed by atoms with Crippen LogP contribution in [0.3, 0.4) is 0 Å². The van der Waals surface area contributed by atoms with E-state index in [4.69, 9.17) is 4.74 Å². The summed E-state index contributed by atoms with van der Waals surface area (Å²) < 4.78 is 5.53. The second kappa shape index (κ2) is 8.32. The van der Waals surface area contributed by atoms with Crippen LogP contribution in [0.5, 0.6) is 5.75 Å². The number of nitrogens with zero attached hydrogens (tertiary/aromatic N) is 2. The summed E-state index contributed by atoms with van der Waals surface area (Å²) in [7, 11) is 0. The predicted molar refractivity (Wildman–Crippen MR) is 91.9 cm³/mol. The van der Waals surface area contributed by atoms with Crippen LogP contribution in [0.15, 0.2) is 42.7 Å². The summed E-state index contributed by atoms with van der Waals surface area (Å²) in [5.74, 6) is 0.900. The fourth-order valence-corrected chi connectivity index (χ4v) is 2.50. The molecule has 0 N–H and O–H groups in total. The van der Waals surface area contributed by atoms with Gasteiger partial charge in [0.1, 0.15) is 5.75 Å². The van der Waals surface area contributed by atoms with Crippen LogP contribution in [0, 0.1) is 6.92 Å². The van der Waals surface area contributed by atoms with Crippen molar-refractivity contribution in [2.24, 2.45) is 0 Å². The smallest absolute Gasteiger partial charge is 0.253 e. The van der Waals surface area contributed by atoms with Crippen LogP contribution >= 0.6 is 0 Å². The van der Waals surface area contributed by atoms with Gasteiger partial charge in [0.05, 0.1) is 6.61 Å². The maximum absolute atomic E-state index is 12.7. The Labute approximate surface area is 138 Å². The van der Waals surface area contributed by atoms with Crippen molar-refractivity contribution >= 4 is 5.91 Å². The molecule has 122 valence electrons. The maximum Gasteiger partial charge on any atom is 0.253 e. The number of hydrogen-bond acceptors (Lipinski definition) is 3. The van der Waals surface area contributed by atoms with Crippen LogP contribution in [-0.4, -0.2) is 35.5 Å². The molecule has 0 unspecified atom stereocenters. The first-order valence-corrected chi connectivity index (χ1v) is 8.07. The molecule has 1 aromatic heterocycles. The summed E-state index contributed by atoms with van der Waals surface area (Å²) in [6, 6.07) is 9.60. The first-order chi connectivity index (χ1) is 11.2. The Hall–Kier alpha value is -2.36. The van der Waals surface area contributed by atoms with Gasteiger partial charge in [0, 0.05) is 31.0 Å². The van der Waals surface area contributed by atoms with Crippen molar-refractivity contribution in [3.05, 3.63) is 59.4 Å². The molecule has 2 rings (SSSR count). The van der Waals surface area contributed by atoms with Crippen molar-refractivity contribution in [2.45, 2.75) is 27.2 Å². The van der Waals surface area contributed by atoms with Crippen molar-refractivity contribution < 1.29 is 9.53 Å². The van der Waals surface area contributed by atoms with E-state index in [1.807, 2.05) is 56.0 Å². The van der Waals surface area contributed by atoms with Crippen molar-refractivity contribution in [3.8, 4) is 5.75 Å². The van der Waals surface area contributed by atoms with Gasteiger partial charge < -0.3 is 9.64 Å². The lowest BCUT2D eigenvalue weighted by Crippen LogP contribution is -2.32. The highest BCUT2D eigenvalue weighted by Crippen LogP contribution is 2.20. The zero-order chi connectivity index (χ0) is 16.7. The van der Waals surface area contributed by atoms with E-state index in [0.717, 1.165) is 17.7 Å². The molecule has 0 aliphatic carbocycles. The first-order valence-electron chi connectivity index (χ1n) is 8.07. The summed E-state index contributed by atoms with van der Waals surface area (Å²) in [6.45, 7) is 7.94. The third-order valence-electron chi connectivity index (χ3n) is 3.81. The Kier molecular flexibility index (Phi) is 6.15. The molecule has 0 atom stereocenters. The van der Waals surface area contributed by atoms with E-state index in [-0.39, 0.29) is 5.91 Å². The second-order valence-electron chi connectivity index (χ2n) is 5.40. The van der Waals surface area contributed by atoms with Gasteiger partial charge in [-0.2, -0.15) is 0 Å². The molecule has 23 heavy (non-hydrogen) atoms. The Morgan fingerprint density at radius 2 is 1.91 bits per heavy atom. The first kappa shape index (κ1) is 17.0. The number of amides is 1. The Bertz CT molecular complexity index is 641. The number of pyridine rings is 1. The number of aromatic nitrogens is 1. The van der Waals surface area contributed by atoms with Gasteiger partial charge >= 0.3 is 0 Å². The zero-order valence-corrected chi connectivity index (χ0v) is 14.1. The average molecular weight is 312 g/mol. The molecule has 0 aliphatic rings. The standard InChI is InChI=1S/C19H24N2O2/c1-4-21(13-10-16-8-11-20-12-9-16)19(22)17-6-7-18(23-5-2)15(3)14-17/h6-9,11-12,14H,4-5,10,13H2,1-3H3. The van der Waals surface area contributed by atoms with E-state index in [9.17, 15) is 4.79 Å². The van der Waals surface area contributed by atoms with E-state index in [0.29, 0.717) is 25.3 Å². The highest BCUT2D eigenvalue weighted by Gasteiger charge is 2.15. The molecule has 0 bridgehead atoms. The lowest BCUT2D eigenvalue weighted by molar-refractivity contribution is 0.0766. The fourth-order valence-electron chi connectivity index (χ4n) is 2.50. The minimum atomic E-state index is 0.0627. The average Bonchev–Trinajstić information content (AvgIpc) is 2.58. The van der Waals surface area contributed by atoms with Crippen LogP contribution in [0.1, 0.15) is 35.3 Å². The highest BCUT2D eigenvalue weighted by atomic mass is 16.5. The summed E-state index contributed by atoms with van der Waals surface area (Å²) in [5, 5.41) is 0. The third kappa shape index (κ3) is 4.55. The predicted octanol–water partition coefficient (Wildman–Crippen LogP) is 3.49. The zero-order valence-electron chi connectivity index (χ0n) is 14.1. The number of aryl methyl sites for hydroxylation is 1. The summed E-state index contributed by atoms with van der Waals surface area (Å²) in [4.78, 5) is 18.6. The van der Waals surface area contributed by atoms with Crippen LogP contribution < -0.4 is 4.74 Å². The molecule has 4 nitrogen and oxygen atoms in total. The van der Waals surface area contributed by atoms with Gasteiger partial charge in [-0.1, -0.05) is 0 Å². The van der Waals surface area contributed by atoms with Crippen molar-refractivity contribution in [2.75, 3.05) is 19.7 Å². The van der Waals surface area contributed by atoms with E-state index < -0.39 is 0 Å². The molecular weight excluding hydrogens is 288 g/mol. The number of rotatable bonds is 7. The van der Waals surface area contributed by atoms with Gasteiger partial charge in [-0.25, -0.2) is 0 Å². The number of carbonyl (C=O) groups is 1. The minimum absolute atomic E-state index is 0.0627. The second-order valence-corrected chi connectivity index (χ2v) is 5.40. The lowest BCUT2D eigenvalue weighted by atomic mass is 10.1. The molecule has 1 aromatic carbocycles. The van der Waals surface area contributed by atoms with Gasteiger partial charge in [0.25, 0.3) is 5.91 Å². The van der Waals surface area contributed by atoms with Crippen molar-refractivity contribution in [1.29, 1.82) is 0 Å². The maximum atomic E-state index is 12.7. The van der Waals surface area contributed by atoms with Crippen LogP contribution in [0.25, 0.3) is 0 Å². The molecule has 4 heteroatoms. The molecule has 0 saturated heterocycles. The van der Waals surface area contributed by atoms with Crippen LogP contribution in [0.4, 0.5) is 0 Å².